The van der Waals surface area contributed by atoms with E-state index in [1.165, 1.54) is 17.4 Å². The third kappa shape index (κ3) is 3.58. The molecule has 0 radical (unpaired) electrons. The van der Waals surface area contributed by atoms with Gasteiger partial charge >= 0.3 is 0 Å². The standard InChI is InChI=1S/C20H25ClF2N4O2S/c1-12-6-19(17-13(5-16(21)30-17)20(22,23)11-29-19)7-14(24-12)15-8-27(26-25-15)9-18(3-4-18)10-28-2/h5,8,12,14,24H,3-4,6-7,9-11H2,1-2H3/t12-,14-,19-/m0/s1. The Bertz CT molecular complexity index is 947. The summed E-state index contributed by atoms with van der Waals surface area (Å²) in [5, 5.41) is 12.3. The molecule has 1 spiro atoms. The van der Waals surface area contributed by atoms with Crippen LogP contribution in [0, 0.1) is 5.41 Å². The third-order valence-corrected chi connectivity index (χ3v) is 7.96. The van der Waals surface area contributed by atoms with E-state index in [1.54, 1.807) is 7.11 Å². The molecule has 10 heteroatoms. The lowest BCUT2D eigenvalue weighted by Gasteiger charge is -2.47. The molecular formula is C20H25ClF2N4O2S. The van der Waals surface area contributed by atoms with Gasteiger partial charge in [-0.1, -0.05) is 16.8 Å². The van der Waals surface area contributed by atoms with Crippen LogP contribution in [0.25, 0.3) is 0 Å². The van der Waals surface area contributed by atoms with Gasteiger partial charge in [-0.05, 0) is 32.3 Å². The van der Waals surface area contributed by atoms with Crippen LogP contribution in [0.4, 0.5) is 8.78 Å². The second kappa shape index (κ2) is 7.20. The molecule has 0 bridgehead atoms. The molecule has 3 aliphatic rings. The van der Waals surface area contributed by atoms with Crippen LogP contribution in [0.5, 0.6) is 0 Å². The number of thiophene rings is 1. The highest BCUT2D eigenvalue weighted by Gasteiger charge is 2.54. The lowest BCUT2D eigenvalue weighted by molar-refractivity contribution is -0.183. The predicted molar refractivity (Wildman–Crippen MR) is 109 cm³/mol. The molecule has 0 unspecified atom stereocenters. The first-order chi connectivity index (χ1) is 14.2. The largest absolute Gasteiger partial charge is 0.384 e. The maximum atomic E-state index is 14.5. The van der Waals surface area contributed by atoms with E-state index in [9.17, 15) is 8.78 Å². The molecule has 1 aliphatic carbocycles. The highest BCUT2D eigenvalue weighted by Crippen LogP contribution is 2.54. The van der Waals surface area contributed by atoms with Crippen LogP contribution < -0.4 is 5.32 Å². The summed E-state index contributed by atoms with van der Waals surface area (Å²) >= 11 is 7.35. The topological polar surface area (TPSA) is 61.2 Å². The monoisotopic (exact) mass is 458 g/mol. The molecule has 2 aliphatic heterocycles. The van der Waals surface area contributed by atoms with Gasteiger partial charge in [0.05, 0.1) is 35.4 Å². The molecule has 5 rings (SSSR count). The van der Waals surface area contributed by atoms with Crippen molar-refractivity contribution in [3.63, 3.8) is 0 Å². The van der Waals surface area contributed by atoms with E-state index >= 15 is 0 Å². The molecule has 1 N–H and O–H groups in total. The lowest BCUT2D eigenvalue weighted by Crippen LogP contribution is -2.51. The number of nitrogens with one attached hydrogen (secondary N) is 1. The van der Waals surface area contributed by atoms with Crippen molar-refractivity contribution >= 4 is 22.9 Å². The fourth-order valence-electron chi connectivity index (χ4n) is 4.93. The zero-order chi connectivity index (χ0) is 21.1. The van der Waals surface area contributed by atoms with Crippen molar-refractivity contribution in [2.24, 2.45) is 5.41 Å². The average molecular weight is 459 g/mol. The van der Waals surface area contributed by atoms with E-state index in [0.717, 1.165) is 25.1 Å². The van der Waals surface area contributed by atoms with Crippen molar-refractivity contribution in [1.82, 2.24) is 20.3 Å². The van der Waals surface area contributed by atoms with E-state index < -0.39 is 18.1 Å². The smallest absolute Gasteiger partial charge is 0.297 e. The number of aromatic nitrogens is 3. The molecule has 30 heavy (non-hydrogen) atoms. The number of fused-ring (bicyclic) bond motifs is 2. The minimum Gasteiger partial charge on any atom is -0.384 e. The molecular weight excluding hydrogens is 434 g/mol. The van der Waals surface area contributed by atoms with Gasteiger partial charge in [-0.15, -0.1) is 16.4 Å². The Morgan fingerprint density at radius 3 is 2.93 bits per heavy atom. The van der Waals surface area contributed by atoms with Gasteiger partial charge in [-0.2, -0.15) is 8.78 Å². The highest BCUT2D eigenvalue weighted by molar-refractivity contribution is 7.16. The van der Waals surface area contributed by atoms with Crippen molar-refractivity contribution in [2.75, 3.05) is 20.3 Å². The first kappa shape index (κ1) is 20.8. The Morgan fingerprint density at radius 2 is 2.20 bits per heavy atom. The van der Waals surface area contributed by atoms with Crippen LogP contribution >= 0.6 is 22.9 Å². The van der Waals surface area contributed by atoms with Gasteiger partial charge in [0.15, 0.2) is 0 Å². The maximum Gasteiger partial charge on any atom is 0.297 e. The van der Waals surface area contributed by atoms with E-state index in [0.29, 0.717) is 28.7 Å². The Hall–Kier alpha value is -1.13. The molecule has 3 atom stereocenters. The molecule has 2 aromatic heterocycles. The second-order valence-corrected chi connectivity index (χ2v) is 10.8. The molecule has 1 saturated heterocycles. The first-order valence-electron chi connectivity index (χ1n) is 10.2. The quantitative estimate of drug-likeness (QED) is 0.725. The summed E-state index contributed by atoms with van der Waals surface area (Å²) in [5.74, 6) is -3.02. The van der Waals surface area contributed by atoms with Crippen molar-refractivity contribution in [2.45, 2.75) is 62.8 Å². The molecule has 1 saturated carbocycles. The number of piperidine rings is 1. The predicted octanol–water partition coefficient (Wildman–Crippen LogP) is 4.25. The number of halogens is 3. The minimum atomic E-state index is -3.02. The molecule has 0 amide bonds. The van der Waals surface area contributed by atoms with E-state index in [-0.39, 0.29) is 23.1 Å². The molecule has 2 aromatic rings. The molecule has 4 heterocycles. The van der Waals surface area contributed by atoms with Crippen molar-refractivity contribution < 1.29 is 18.3 Å². The Kier molecular flexibility index (Phi) is 4.98. The van der Waals surface area contributed by atoms with Crippen molar-refractivity contribution in [3.05, 3.63) is 32.7 Å². The number of nitrogens with zero attached hydrogens (tertiary/aromatic N) is 3. The SMILES string of the molecule is COCC1(Cn2cc([C@@H]3C[C@]4(C[C@H](C)N3)OCC(F)(F)c3cc(Cl)sc34)nn2)CC1. The van der Waals surface area contributed by atoms with Crippen LogP contribution in [-0.4, -0.2) is 41.4 Å². The van der Waals surface area contributed by atoms with E-state index in [4.69, 9.17) is 21.1 Å². The summed E-state index contributed by atoms with van der Waals surface area (Å²) in [5.41, 5.74) is 0.186. The minimum absolute atomic E-state index is 0.00972. The molecule has 6 nitrogen and oxygen atoms in total. The Morgan fingerprint density at radius 1 is 1.40 bits per heavy atom. The molecule has 0 aromatic carbocycles. The van der Waals surface area contributed by atoms with Crippen molar-refractivity contribution in [3.8, 4) is 0 Å². The zero-order valence-electron chi connectivity index (χ0n) is 17.0. The van der Waals surface area contributed by atoms with Gasteiger partial charge in [-0.25, -0.2) is 0 Å². The number of hydrogen-bond acceptors (Lipinski definition) is 6. The van der Waals surface area contributed by atoms with Crippen molar-refractivity contribution in [1.29, 1.82) is 0 Å². The van der Waals surface area contributed by atoms with Crippen LogP contribution in [0.1, 0.15) is 54.8 Å². The second-order valence-electron chi connectivity index (χ2n) is 9.08. The van der Waals surface area contributed by atoms with Gasteiger partial charge in [0.1, 0.15) is 12.2 Å². The van der Waals surface area contributed by atoms with Crippen LogP contribution in [0.3, 0.4) is 0 Å². The van der Waals surface area contributed by atoms with Gasteiger partial charge in [0.2, 0.25) is 0 Å². The first-order valence-corrected chi connectivity index (χ1v) is 11.4. The number of alkyl halides is 2. The average Bonchev–Trinajstić information content (AvgIpc) is 3.08. The Balaban J connectivity index is 1.41. The third-order valence-electron chi connectivity index (χ3n) is 6.51. The van der Waals surface area contributed by atoms with E-state index in [2.05, 4.69) is 15.6 Å². The molecule has 164 valence electrons. The van der Waals surface area contributed by atoms with Gasteiger partial charge in [0.25, 0.3) is 5.92 Å². The van der Waals surface area contributed by atoms with Crippen LogP contribution in [0.15, 0.2) is 12.3 Å². The summed E-state index contributed by atoms with van der Waals surface area (Å²) in [6, 6.07) is 1.33. The fraction of sp³-hybridized carbons (Fsp3) is 0.700. The number of methoxy groups -OCH3 is 1. The summed E-state index contributed by atoms with van der Waals surface area (Å²) in [6.07, 6.45) is 5.33. The maximum absolute atomic E-state index is 14.5. The highest BCUT2D eigenvalue weighted by atomic mass is 35.5. The lowest BCUT2D eigenvalue weighted by atomic mass is 9.78. The fourth-order valence-corrected chi connectivity index (χ4v) is 6.37. The van der Waals surface area contributed by atoms with Gasteiger partial charge in [0, 0.05) is 35.4 Å². The number of rotatable bonds is 5. The Labute approximate surface area is 182 Å². The van der Waals surface area contributed by atoms with Crippen LogP contribution in [0.2, 0.25) is 4.34 Å². The summed E-state index contributed by atoms with van der Waals surface area (Å²) in [7, 11) is 1.72. The summed E-state index contributed by atoms with van der Waals surface area (Å²) < 4.78 is 42.4. The summed E-state index contributed by atoms with van der Waals surface area (Å²) in [6.45, 7) is 2.91. The number of ether oxygens (including phenoxy) is 2. The van der Waals surface area contributed by atoms with Crippen LogP contribution in [-0.2, 0) is 27.5 Å². The molecule has 2 fully saturated rings. The number of hydrogen-bond donors (Lipinski definition) is 1. The van der Waals surface area contributed by atoms with E-state index in [1.807, 2.05) is 17.8 Å². The summed E-state index contributed by atoms with van der Waals surface area (Å²) in [4.78, 5) is 0.548. The van der Waals surface area contributed by atoms with Gasteiger partial charge < -0.3 is 14.8 Å². The normalized spacial score (nSPS) is 31.6. The van der Waals surface area contributed by atoms with Gasteiger partial charge in [-0.3, -0.25) is 4.68 Å². The zero-order valence-corrected chi connectivity index (χ0v) is 18.5.